The van der Waals surface area contributed by atoms with Crippen molar-refractivity contribution in [3.8, 4) is 0 Å². The van der Waals surface area contributed by atoms with Gasteiger partial charge < -0.3 is 0 Å². The number of hydrogen-bond acceptors (Lipinski definition) is 0. The molecule has 0 radical (unpaired) electrons. The van der Waals surface area contributed by atoms with E-state index in [2.05, 4.69) is 32.6 Å². The Hall–Kier alpha value is -0.520. The van der Waals surface area contributed by atoms with Gasteiger partial charge in [-0.3, -0.25) is 0 Å². The molecule has 0 nitrogen and oxygen atoms in total. The lowest BCUT2D eigenvalue weighted by molar-refractivity contribution is 0.814. The summed E-state index contributed by atoms with van der Waals surface area (Å²) in [5.41, 5.74) is 1.23. The lowest BCUT2D eigenvalue weighted by atomic mass is 10.2. The summed E-state index contributed by atoms with van der Waals surface area (Å²) in [7, 11) is 0. The smallest absolute Gasteiger partial charge is 0.0313 e. The minimum absolute atomic E-state index is 1.07. The number of hydrogen-bond donors (Lipinski definition) is 0. The molecule has 0 aromatic carbocycles. The maximum absolute atomic E-state index is 3.88. The summed E-state index contributed by atoms with van der Waals surface area (Å²) in [6.07, 6.45) is 9.21. The van der Waals surface area contributed by atoms with Crippen LogP contribution in [0, 0.1) is 0 Å². The summed E-state index contributed by atoms with van der Waals surface area (Å²) in [6.45, 7) is 8.23. The van der Waals surface area contributed by atoms with Crippen LogP contribution in [0.15, 0.2) is 24.3 Å². The molecule has 0 amide bonds. The Morgan fingerprint density at radius 3 is 2.60 bits per heavy atom. The van der Waals surface area contributed by atoms with E-state index in [0.29, 0.717) is 0 Å². The minimum Gasteiger partial charge on any atom is -0.0959 e. The van der Waals surface area contributed by atoms with E-state index in [0.717, 1.165) is 6.42 Å². The van der Waals surface area contributed by atoms with Gasteiger partial charge in [-0.25, -0.2) is 0 Å². The van der Waals surface area contributed by atoms with Crippen LogP contribution in [0.4, 0.5) is 0 Å². The van der Waals surface area contributed by atoms with Gasteiger partial charge in [-0.1, -0.05) is 51.0 Å². The largest absolute Gasteiger partial charge is 0.0959 e. The third kappa shape index (κ3) is 5.61. The zero-order chi connectivity index (χ0) is 7.82. The van der Waals surface area contributed by atoms with E-state index in [-0.39, 0.29) is 0 Å². The zero-order valence-electron chi connectivity index (χ0n) is 7.19. The Kier molecular flexibility index (Phi) is 6.25. The quantitative estimate of drug-likeness (QED) is 0.401. The molecule has 0 unspecified atom stereocenters. The van der Waals surface area contributed by atoms with Crippen LogP contribution in [0.3, 0.4) is 0 Å². The van der Waals surface area contributed by atoms with E-state index in [9.17, 15) is 0 Å². The summed E-state index contributed by atoms with van der Waals surface area (Å²) in [4.78, 5) is 0. The normalized spacial score (nSPS) is 10.6. The predicted molar refractivity (Wildman–Crippen MR) is 48.1 cm³/mol. The highest BCUT2D eigenvalue weighted by Gasteiger charge is 1.80. The molecule has 0 spiro atoms. The van der Waals surface area contributed by atoms with Crippen molar-refractivity contribution >= 4 is 0 Å². The first-order valence-electron chi connectivity index (χ1n) is 4.15. The molecule has 0 aliphatic rings. The highest BCUT2D eigenvalue weighted by molar-refractivity contribution is 5.13. The molecule has 10 heavy (non-hydrogen) atoms. The van der Waals surface area contributed by atoms with Gasteiger partial charge in [-0.2, -0.15) is 0 Å². The molecule has 0 aliphatic heterocycles. The standard InChI is InChI=1S/C10H18/c1-4-6-7-8-9-10(3)5-2/h8-9H,3-7H2,1-2H3/b9-8-. The Balaban J connectivity index is 3.27. The van der Waals surface area contributed by atoms with Crippen LogP contribution >= 0.6 is 0 Å². The van der Waals surface area contributed by atoms with Crippen molar-refractivity contribution in [3.63, 3.8) is 0 Å². The second-order valence-corrected chi connectivity index (χ2v) is 2.56. The monoisotopic (exact) mass is 138 g/mol. The van der Waals surface area contributed by atoms with Gasteiger partial charge in [-0.05, 0) is 12.8 Å². The lowest BCUT2D eigenvalue weighted by Gasteiger charge is -1.91. The van der Waals surface area contributed by atoms with Crippen molar-refractivity contribution in [2.75, 3.05) is 0 Å². The van der Waals surface area contributed by atoms with Gasteiger partial charge >= 0.3 is 0 Å². The topological polar surface area (TPSA) is 0 Å². The minimum atomic E-state index is 1.07. The van der Waals surface area contributed by atoms with Crippen LogP contribution < -0.4 is 0 Å². The molecule has 0 aromatic heterocycles. The van der Waals surface area contributed by atoms with Gasteiger partial charge in [0.1, 0.15) is 0 Å². The van der Waals surface area contributed by atoms with Gasteiger partial charge in [0.15, 0.2) is 0 Å². The maximum Gasteiger partial charge on any atom is -0.0313 e. The summed E-state index contributed by atoms with van der Waals surface area (Å²) in [6, 6.07) is 0. The molecule has 0 heterocycles. The molecule has 0 saturated heterocycles. The van der Waals surface area contributed by atoms with Crippen LogP contribution in [-0.4, -0.2) is 0 Å². The predicted octanol–water partition coefficient (Wildman–Crippen LogP) is 3.70. The molecule has 0 aliphatic carbocycles. The van der Waals surface area contributed by atoms with E-state index in [4.69, 9.17) is 0 Å². The molecule has 58 valence electrons. The summed E-state index contributed by atoms with van der Waals surface area (Å²) in [5.74, 6) is 0. The number of allylic oxidation sites excluding steroid dienone is 3. The van der Waals surface area contributed by atoms with Crippen LogP contribution in [0.2, 0.25) is 0 Å². The fourth-order valence-electron chi connectivity index (χ4n) is 0.690. The van der Waals surface area contributed by atoms with Gasteiger partial charge in [-0.15, -0.1) is 0 Å². The fraction of sp³-hybridized carbons (Fsp3) is 0.600. The molecule has 0 rings (SSSR count). The third-order valence-electron chi connectivity index (χ3n) is 1.53. The van der Waals surface area contributed by atoms with Crippen LogP contribution in [0.25, 0.3) is 0 Å². The number of unbranched alkanes of at least 4 members (excludes halogenated alkanes) is 2. The van der Waals surface area contributed by atoms with E-state index < -0.39 is 0 Å². The van der Waals surface area contributed by atoms with Crippen LogP contribution in [-0.2, 0) is 0 Å². The molecule has 0 N–H and O–H groups in total. The van der Waals surface area contributed by atoms with Gasteiger partial charge in [0.05, 0.1) is 0 Å². The summed E-state index contributed by atoms with van der Waals surface area (Å²) < 4.78 is 0. The van der Waals surface area contributed by atoms with Crippen LogP contribution in [0.1, 0.15) is 39.5 Å². The SMILES string of the molecule is C=C(/C=C\CCCC)CC. The first-order chi connectivity index (χ1) is 4.81. The third-order valence-corrected chi connectivity index (χ3v) is 1.53. The van der Waals surface area contributed by atoms with E-state index in [1.165, 1.54) is 24.8 Å². The molecule has 0 atom stereocenters. The average Bonchev–Trinajstić information content (AvgIpc) is 1.98. The fourth-order valence-corrected chi connectivity index (χ4v) is 0.690. The highest BCUT2D eigenvalue weighted by atomic mass is 13.9. The van der Waals surface area contributed by atoms with Crippen molar-refractivity contribution < 1.29 is 0 Å². The molecule has 0 heteroatoms. The molecule has 0 saturated carbocycles. The molecule has 0 bridgehead atoms. The molecule has 0 fully saturated rings. The second kappa shape index (κ2) is 6.60. The van der Waals surface area contributed by atoms with Crippen molar-refractivity contribution in [1.29, 1.82) is 0 Å². The lowest BCUT2D eigenvalue weighted by Crippen LogP contribution is -1.70. The van der Waals surface area contributed by atoms with E-state index in [1.807, 2.05) is 0 Å². The van der Waals surface area contributed by atoms with Gasteiger partial charge in [0.2, 0.25) is 0 Å². The van der Waals surface area contributed by atoms with Gasteiger partial charge in [0.25, 0.3) is 0 Å². The Labute approximate surface area is 64.6 Å². The second-order valence-electron chi connectivity index (χ2n) is 2.56. The van der Waals surface area contributed by atoms with Crippen molar-refractivity contribution in [2.45, 2.75) is 39.5 Å². The van der Waals surface area contributed by atoms with E-state index in [1.54, 1.807) is 0 Å². The average molecular weight is 138 g/mol. The molecular formula is C10H18. The van der Waals surface area contributed by atoms with Crippen molar-refractivity contribution in [3.05, 3.63) is 24.3 Å². The first-order valence-corrected chi connectivity index (χ1v) is 4.15. The maximum atomic E-state index is 3.88. The van der Waals surface area contributed by atoms with Gasteiger partial charge in [0, 0.05) is 0 Å². The summed E-state index contributed by atoms with van der Waals surface area (Å²) >= 11 is 0. The molecule has 0 aromatic rings. The van der Waals surface area contributed by atoms with Crippen LogP contribution in [0.5, 0.6) is 0 Å². The zero-order valence-corrected chi connectivity index (χ0v) is 7.19. The first kappa shape index (κ1) is 9.48. The highest BCUT2D eigenvalue weighted by Crippen LogP contribution is 2.01. The Morgan fingerprint density at radius 1 is 1.40 bits per heavy atom. The Bertz CT molecular complexity index is 109. The molecular weight excluding hydrogens is 120 g/mol. The van der Waals surface area contributed by atoms with Crippen molar-refractivity contribution in [2.24, 2.45) is 0 Å². The Morgan fingerprint density at radius 2 is 2.10 bits per heavy atom. The number of rotatable bonds is 5. The van der Waals surface area contributed by atoms with E-state index >= 15 is 0 Å². The summed E-state index contributed by atoms with van der Waals surface area (Å²) in [5, 5.41) is 0. The van der Waals surface area contributed by atoms with Crippen molar-refractivity contribution in [1.82, 2.24) is 0 Å².